The summed E-state index contributed by atoms with van der Waals surface area (Å²) in [5.74, 6) is -0.729. The number of hydrogen-bond acceptors (Lipinski definition) is 2. The van der Waals surface area contributed by atoms with Gasteiger partial charge in [0, 0.05) is 12.6 Å². The van der Waals surface area contributed by atoms with Crippen molar-refractivity contribution in [2.45, 2.75) is 20.4 Å². The van der Waals surface area contributed by atoms with Gasteiger partial charge < -0.3 is 4.84 Å². The third-order valence-electron chi connectivity index (χ3n) is 1.72. The third kappa shape index (κ3) is 4.85. The van der Waals surface area contributed by atoms with Gasteiger partial charge in [-0.3, -0.25) is 0 Å². The molecule has 0 radical (unpaired) electrons. The fourth-order valence-corrected chi connectivity index (χ4v) is 1.07. The van der Waals surface area contributed by atoms with Gasteiger partial charge in [0.2, 0.25) is 0 Å². The van der Waals surface area contributed by atoms with Crippen molar-refractivity contribution in [2.24, 2.45) is 5.92 Å². The molecule has 0 aromatic heterocycles. The minimum atomic E-state index is -0.573. The molecule has 0 fully saturated rings. The minimum Gasteiger partial charge on any atom is -0.301 e. The first-order valence-electron chi connectivity index (χ1n) is 4.87. The van der Waals surface area contributed by atoms with Gasteiger partial charge in [0.05, 0.1) is 6.61 Å². The predicted octanol–water partition coefficient (Wildman–Crippen LogP) is 2.64. The Hall–Kier alpha value is -1.00. The molecular weight excluding hydrogens is 200 g/mol. The second-order valence-electron chi connectivity index (χ2n) is 3.80. The Labute approximate surface area is 88.2 Å². The second-order valence-corrected chi connectivity index (χ2v) is 3.80. The van der Waals surface area contributed by atoms with Crippen molar-refractivity contribution in [3.63, 3.8) is 0 Å². The van der Waals surface area contributed by atoms with E-state index in [0.717, 1.165) is 6.07 Å². The standard InChI is InChI=1S/C11H15F2NO/c1-8(2)7-15-14-6-9-3-10(12)5-11(13)4-9/h3-5,8,14H,6-7H2,1-2H3. The Balaban J connectivity index is 2.37. The first kappa shape index (κ1) is 12.1. The average molecular weight is 215 g/mol. The fourth-order valence-electron chi connectivity index (χ4n) is 1.07. The molecule has 0 amide bonds. The number of benzene rings is 1. The summed E-state index contributed by atoms with van der Waals surface area (Å²) in [5, 5.41) is 0. The van der Waals surface area contributed by atoms with Gasteiger partial charge in [-0.25, -0.2) is 8.78 Å². The summed E-state index contributed by atoms with van der Waals surface area (Å²) in [6.45, 7) is 4.90. The van der Waals surface area contributed by atoms with Crippen LogP contribution in [0.1, 0.15) is 19.4 Å². The number of halogens is 2. The molecule has 4 heteroatoms. The van der Waals surface area contributed by atoms with Gasteiger partial charge in [0.15, 0.2) is 0 Å². The largest absolute Gasteiger partial charge is 0.301 e. The zero-order valence-electron chi connectivity index (χ0n) is 8.89. The van der Waals surface area contributed by atoms with Crippen LogP contribution in [0.3, 0.4) is 0 Å². The Morgan fingerprint density at radius 3 is 2.33 bits per heavy atom. The monoisotopic (exact) mass is 215 g/mol. The molecule has 0 spiro atoms. The first-order valence-corrected chi connectivity index (χ1v) is 4.87. The van der Waals surface area contributed by atoms with Crippen molar-refractivity contribution in [1.29, 1.82) is 0 Å². The van der Waals surface area contributed by atoms with E-state index in [-0.39, 0.29) is 0 Å². The minimum absolute atomic E-state index is 0.293. The van der Waals surface area contributed by atoms with Crippen LogP contribution in [0, 0.1) is 17.6 Å². The number of nitrogens with one attached hydrogen (secondary N) is 1. The van der Waals surface area contributed by atoms with Crippen LogP contribution in [0.4, 0.5) is 8.78 Å². The summed E-state index contributed by atoms with van der Waals surface area (Å²) in [4.78, 5) is 5.08. The summed E-state index contributed by atoms with van der Waals surface area (Å²) in [5.41, 5.74) is 3.18. The van der Waals surface area contributed by atoms with Crippen LogP contribution in [0.15, 0.2) is 18.2 Å². The van der Waals surface area contributed by atoms with Gasteiger partial charge >= 0.3 is 0 Å². The summed E-state index contributed by atoms with van der Waals surface area (Å²) >= 11 is 0. The maximum absolute atomic E-state index is 12.8. The van der Waals surface area contributed by atoms with E-state index in [1.54, 1.807) is 0 Å². The molecule has 0 aliphatic rings. The highest BCUT2D eigenvalue weighted by Gasteiger charge is 2.00. The molecule has 0 heterocycles. The van der Waals surface area contributed by atoms with Crippen LogP contribution in [0.2, 0.25) is 0 Å². The zero-order chi connectivity index (χ0) is 11.3. The molecule has 1 aromatic rings. The molecule has 1 N–H and O–H groups in total. The van der Waals surface area contributed by atoms with E-state index in [4.69, 9.17) is 4.84 Å². The van der Waals surface area contributed by atoms with Crippen LogP contribution in [0.25, 0.3) is 0 Å². The first-order chi connectivity index (χ1) is 7.08. The molecule has 0 unspecified atom stereocenters. The van der Waals surface area contributed by atoms with Crippen molar-refractivity contribution < 1.29 is 13.6 Å². The van der Waals surface area contributed by atoms with Crippen LogP contribution in [-0.4, -0.2) is 6.61 Å². The lowest BCUT2D eigenvalue weighted by Gasteiger charge is -2.08. The van der Waals surface area contributed by atoms with Gasteiger partial charge in [-0.15, -0.1) is 0 Å². The third-order valence-corrected chi connectivity index (χ3v) is 1.72. The lowest BCUT2D eigenvalue weighted by molar-refractivity contribution is 0.0196. The summed E-state index contributed by atoms with van der Waals surface area (Å²) in [6, 6.07) is 3.39. The van der Waals surface area contributed by atoms with E-state index in [0.29, 0.717) is 24.6 Å². The van der Waals surface area contributed by atoms with E-state index in [1.807, 2.05) is 13.8 Å². The number of hydrogen-bond donors (Lipinski definition) is 1. The lowest BCUT2D eigenvalue weighted by Crippen LogP contribution is -2.17. The van der Waals surface area contributed by atoms with Gasteiger partial charge in [-0.1, -0.05) is 13.8 Å². The van der Waals surface area contributed by atoms with Crippen molar-refractivity contribution in [2.75, 3.05) is 6.61 Å². The molecule has 0 aliphatic heterocycles. The van der Waals surface area contributed by atoms with E-state index in [1.165, 1.54) is 12.1 Å². The highest BCUT2D eigenvalue weighted by Crippen LogP contribution is 2.07. The normalized spacial score (nSPS) is 11.0. The van der Waals surface area contributed by atoms with Crippen LogP contribution in [0.5, 0.6) is 0 Å². The maximum atomic E-state index is 12.8. The molecule has 15 heavy (non-hydrogen) atoms. The van der Waals surface area contributed by atoms with E-state index < -0.39 is 11.6 Å². The summed E-state index contributed by atoms with van der Waals surface area (Å²) < 4.78 is 25.5. The molecule has 0 aliphatic carbocycles. The lowest BCUT2D eigenvalue weighted by atomic mass is 10.2. The molecule has 84 valence electrons. The van der Waals surface area contributed by atoms with Crippen LogP contribution < -0.4 is 5.48 Å². The summed E-state index contributed by atoms with van der Waals surface area (Å²) in [6.07, 6.45) is 0. The van der Waals surface area contributed by atoms with Gasteiger partial charge in [-0.05, 0) is 23.6 Å². The van der Waals surface area contributed by atoms with Gasteiger partial charge in [0.1, 0.15) is 11.6 Å². The van der Waals surface area contributed by atoms with Crippen molar-refractivity contribution >= 4 is 0 Å². The van der Waals surface area contributed by atoms with E-state index >= 15 is 0 Å². The van der Waals surface area contributed by atoms with Crippen molar-refractivity contribution in [1.82, 2.24) is 5.48 Å². The van der Waals surface area contributed by atoms with Crippen LogP contribution in [-0.2, 0) is 11.4 Å². The number of rotatable bonds is 5. The smallest absolute Gasteiger partial charge is 0.126 e. The van der Waals surface area contributed by atoms with Crippen LogP contribution >= 0.6 is 0 Å². The molecule has 0 bridgehead atoms. The van der Waals surface area contributed by atoms with Gasteiger partial charge in [-0.2, -0.15) is 5.48 Å². The molecular formula is C11H15F2NO. The molecule has 2 nitrogen and oxygen atoms in total. The maximum Gasteiger partial charge on any atom is 0.126 e. The summed E-state index contributed by atoms with van der Waals surface area (Å²) in [7, 11) is 0. The topological polar surface area (TPSA) is 21.3 Å². The van der Waals surface area contributed by atoms with Crippen molar-refractivity contribution in [3.05, 3.63) is 35.4 Å². The molecule has 0 atom stereocenters. The quantitative estimate of drug-likeness (QED) is 0.602. The van der Waals surface area contributed by atoms with Gasteiger partial charge in [0.25, 0.3) is 0 Å². The highest BCUT2D eigenvalue weighted by atomic mass is 19.1. The molecule has 0 saturated carbocycles. The average Bonchev–Trinajstić information content (AvgIpc) is 2.10. The predicted molar refractivity (Wildman–Crippen MR) is 54.0 cm³/mol. The highest BCUT2D eigenvalue weighted by molar-refractivity contribution is 5.17. The Morgan fingerprint density at radius 2 is 1.80 bits per heavy atom. The molecule has 1 aromatic carbocycles. The number of hydroxylamine groups is 1. The van der Waals surface area contributed by atoms with E-state index in [9.17, 15) is 8.78 Å². The Morgan fingerprint density at radius 1 is 1.20 bits per heavy atom. The SMILES string of the molecule is CC(C)CONCc1cc(F)cc(F)c1. The zero-order valence-corrected chi connectivity index (χ0v) is 8.89. The fraction of sp³-hybridized carbons (Fsp3) is 0.455. The Kier molecular flexibility index (Phi) is 4.65. The second kappa shape index (κ2) is 5.78. The van der Waals surface area contributed by atoms with Crippen molar-refractivity contribution in [3.8, 4) is 0 Å². The molecule has 1 rings (SSSR count). The molecule has 0 saturated heterocycles. The Bertz CT molecular complexity index is 295. The van der Waals surface area contributed by atoms with E-state index in [2.05, 4.69) is 5.48 Å².